The highest BCUT2D eigenvalue weighted by Gasteiger charge is 2.24. The fourth-order valence-corrected chi connectivity index (χ4v) is 3.29. The molecular weight excluding hydrogens is 258 g/mol. The van der Waals surface area contributed by atoms with Crippen LogP contribution in [0.4, 0.5) is 0 Å². The average Bonchev–Trinajstić information content (AvgIpc) is 2.38. The lowest BCUT2D eigenvalue weighted by atomic mass is 9.80. The van der Waals surface area contributed by atoms with Crippen molar-refractivity contribution in [2.75, 3.05) is 7.11 Å². The molecule has 3 unspecified atom stereocenters. The van der Waals surface area contributed by atoms with E-state index in [0.717, 1.165) is 34.7 Å². The Bertz CT molecular complexity index is 421. The molecule has 2 rings (SSSR count). The Kier molecular flexibility index (Phi) is 5.12. The van der Waals surface area contributed by atoms with Gasteiger partial charge in [0.05, 0.1) is 7.11 Å². The predicted molar refractivity (Wildman–Crippen MR) is 80.8 cm³/mol. The summed E-state index contributed by atoms with van der Waals surface area (Å²) in [6, 6.07) is 6.41. The van der Waals surface area contributed by atoms with Crippen LogP contribution in [-0.2, 0) is 6.54 Å². The summed E-state index contributed by atoms with van der Waals surface area (Å²) in [5, 5.41) is 4.44. The highest BCUT2D eigenvalue weighted by atomic mass is 35.5. The van der Waals surface area contributed by atoms with E-state index in [1.165, 1.54) is 19.3 Å². The molecule has 1 aromatic carbocycles. The van der Waals surface area contributed by atoms with Crippen LogP contribution >= 0.6 is 11.6 Å². The van der Waals surface area contributed by atoms with Crippen molar-refractivity contribution in [2.45, 2.75) is 45.7 Å². The van der Waals surface area contributed by atoms with Crippen LogP contribution in [0, 0.1) is 11.8 Å². The summed E-state index contributed by atoms with van der Waals surface area (Å²) in [7, 11) is 1.71. The van der Waals surface area contributed by atoms with E-state index in [1.807, 2.05) is 18.2 Å². The second-order valence-corrected chi connectivity index (χ2v) is 6.28. The highest BCUT2D eigenvalue weighted by Crippen LogP contribution is 2.29. The number of ether oxygens (including phenoxy) is 1. The molecule has 19 heavy (non-hydrogen) atoms. The van der Waals surface area contributed by atoms with Crippen LogP contribution in [-0.4, -0.2) is 13.2 Å². The summed E-state index contributed by atoms with van der Waals surface area (Å²) in [6.45, 7) is 5.53. The van der Waals surface area contributed by atoms with E-state index in [4.69, 9.17) is 16.3 Å². The molecule has 0 amide bonds. The quantitative estimate of drug-likeness (QED) is 0.890. The molecule has 106 valence electrons. The first kappa shape index (κ1) is 14.7. The van der Waals surface area contributed by atoms with Crippen molar-refractivity contribution in [3.05, 3.63) is 28.8 Å². The molecule has 1 fully saturated rings. The molecule has 1 N–H and O–H groups in total. The largest absolute Gasteiger partial charge is 0.496 e. The number of hydrogen-bond acceptors (Lipinski definition) is 2. The molecule has 0 spiro atoms. The van der Waals surface area contributed by atoms with Crippen LogP contribution in [0.5, 0.6) is 5.75 Å². The van der Waals surface area contributed by atoms with E-state index in [9.17, 15) is 0 Å². The third kappa shape index (κ3) is 3.87. The molecule has 1 aromatic rings. The van der Waals surface area contributed by atoms with Gasteiger partial charge in [-0.2, -0.15) is 0 Å². The molecule has 2 nitrogen and oxygen atoms in total. The van der Waals surface area contributed by atoms with E-state index in [-0.39, 0.29) is 0 Å². The van der Waals surface area contributed by atoms with Crippen LogP contribution in [0.15, 0.2) is 18.2 Å². The molecule has 0 radical (unpaired) electrons. The molecular formula is C16H24ClNO. The molecule has 0 saturated heterocycles. The lowest BCUT2D eigenvalue weighted by molar-refractivity contribution is 0.226. The summed E-state index contributed by atoms with van der Waals surface area (Å²) >= 11 is 6.06. The first-order valence-corrected chi connectivity index (χ1v) is 7.53. The minimum Gasteiger partial charge on any atom is -0.496 e. The van der Waals surface area contributed by atoms with Crippen molar-refractivity contribution in [3.8, 4) is 5.75 Å². The Hall–Kier alpha value is -0.730. The molecule has 3 atom stereocenters. The molecule has 0 aliphatic heterocycles. The standard InChI is InChI=1S/C16H24ClNO/c1-11-4-6-15(12(2)8-11)18-10-13-9-14(17)5-7-16(13)19-3/h5,7,9,11-12,15,18H,4,6,8,10H2,1-3H3. The van der Waals surface area contributed by atoms with Gasteiger partial charge in [-0.1, -0.05) is 25.4 Å². The van der Waals surface area contributed by atoms with Crippen LogP contribution in [0.3, 0.4) is 0 Å². The molecule has 0 aromatic heterocycles. The van der Waals surface area contributed by atoms with Crippen molar-refractivity contribution in [2.24, 2.45) is 11.8 Å². The van der Waals surface area contributed by atoms with Crippen LogP contribution in [0.25, 0.3) is 0 Å². The highest BCUT2D eigenvalue weighted by molar-refractivity contribution is 6.30. The van der Waals surface area contributed by atoms with Crippen LogP contribution < -0.4 is 10.1 Å². The zero-order chi connectivity index (χ0) is 13.8. The van der Waals surface area contributed by atoms with E-state index in [0.29, 0.717) is 6.04 Å². The fourth-order valence-electron chi connectivity index (χ4n) is 3.09. The van der Waals surface area contributed by atoms with Crippen molar-refractivity contribution in [1.29, 1.82) is 0 Å². The number of halogens is 1. The summed E-state index contributed by atoms with van der Waals surface area (Å²) in [6.07, 6.45) is 3.92. The van der Waals surface area contributed by atoms with Gasteiger partial charge in [0.15, 0.2) is 0 Å². The van der Waals surface area contributed by atoms with Gasteiger partial charge in [0.2, 0.25) is 0 Å². The Morgan fingerprint density at radius 2 is 2.11 bits per heavy atom. The van der Waals surface area contributed by atoms with E-state index < -0.39 is 0 Å². The maximum Gasteiger partial charge on any atom is 0.123 e. The van der Waals surface area contributed by atoms with Gasteiger partial charge >= 0.3 is 0 Å². The van der Waals surface area contributed by atoms with Crippen LogP contribution in [0.2, 0.25) is 5.02 Å². The second kappa shape index (κ2) is 6.62. The zero-order valence-corrected chi connectivity index (χ0v) is 12.8. The second-order valence-electron chi connectivity index (χ2n) is 5.84. The topological polar surface area (TPSA) is 21.3 Å². The monoisotopic (exact) mass is 281 g/mol. The Balaban J connectivity index is 1.96. The molecule has 1 saturated carbocycles. The molecule has 1 aliphatic carbocycles. The minimum atomic E-state index is 0.611. The van der Waals surface area contributed by atoms with E-state index >= 15 is 0 Å². The Labute approximate surface area is 121 Å². The van der Waals surface area contributed by atoms with Crippen LogP contribution in [0.1, 0.15) is 38.7 Å². The number of benzene rings is 1. The number of rotatable bonds is 4. The Morgan fingerprint density at radius 1 is 1.32 bits per heavy atom. The SMILES string of the molecule is COc1ccc(Cl)cc1CNC1CCC(C)CC1C. The fraction of sp³-hybridized carbons (Fsp3) is 0.625. The normalized spacial score (nSPS) is 27.3. The summed E-state index contributed by atoms with van der Waals surface area (Å²) in [5.74, 6) is 2.52. The van der Waals surface area contributed by atoms with Crippen molar-refractivity contribution < 1.29 is 4.74 Å². The van der Waals surface area contributed by atoms with E-state index in [1.54, 1.807) is 7.11 Å². The molecule has 3 heteroatoms. The lowest BCUT2D eigenvalue weighted by Gasteiger charge is -2.33. The number of nitrogens with one attached hydrogen (secondary N) is 1. The average molecular weight is 282 g/mol. The number of hydrogen-bond donors (Lipinski definition) is 1. The van der Waals surface area contributed by atoms with Gasteiger partial charge in [0, 0.05) is 23.2 Å². The van der Waals surface area contributed by atoms with E-state index in [2.05, 4.69) is 19.2 Å². The molecule has 1 aliphatic rings. The smallest absolute Gasteiger partial charge is 0.123 e. The maximum absolute atomic E-state index is 6.06. The van der Waals surface area contributed by atoms with Crippen molar-refractivity contribution in [3.63, 3.8) is 0 Å². The predicted octanol–water partition coefficient (Wildman–Crippen LogP) is 4.26. The zero-order valence-electron chi connectivity index (χ0n) is 12.1. The summed E-state index contributed by atoms with van der Waals surface area (Å²) in [4.78, 5) is 0. The number of methoxy groups -OCH3 is 1. The maximum atomic E-state index is 6.06. The minimum absolute atomic E-state index is 0.611. The van der Waals surface area contributed by atoms with Gasteiger partial charge in [0.1, 0.15) is 5.75 Å². The first-order valence-electron chi connectivity index (χ1n) is 7.16. The van der Waals surface area contributed by atoms with Gasteiger partial charge in [-0.15, -0.1) is 0 Å². The lowest BCUT2D eigenvalue weighted by Crippen LogP contribution is -2.38. The van der Waals surface area contributed by atoms with Gasteiger partial charge in [-0.05, 0) is 49.3 Å². The first-order chi connectivity index (χ1) is 9.10. The Morgan fingerprint density at radius 3 is 2.79 bits per heavy atom. The van der Waals surface area contributed by atoms with Gasteiger partial charge in [-0.3, -0.25) is 0 Å². The van der Waals surface area contributed by atoms with Gasteiger partial charge in [-0.25, -0.2) is 0 Å². The molecule has 0 heterocycles. The van der Waals surface area contributed by atoms with Crippen molar-refractivity contribution >= 4 is 11.6 Å². The van der Waals surface area contributed by atoms with Crippen molar-refractivity contribution in [1.82, 2.24) is 5.32 Å². The summed E-state index contributed by atoms with van der Waals surface area (Å²) < 4.78 is 5.39. The molecule has 0 bridgehead atoms. The third-order valence-corrected chi connectivity index (χ3v) is 4.46. The van der Waals surface area contributed by atoms with Gasteiger partial charge in [0.25, 0.3) is 0 Å². The summed E-state index contributed by atoms with van der Waals surface area (Å²) in [5.41, 5.74) is 1.14. The third-order valence-electron chi connectivity index (χ3n) is 4.23. The van der Waals surface area contributed by atoms with Gasteiger partial charge < -0.3 is 10.1 Å².